The highest BCUT2D eigenvalue weighted by atomic mass is 35.5. The van der Waals surface area contributed by atoms with Gasteiger partial charge in [0, 0.05) is 19.7 Å². The Morgan fingerprint density at radius 1 is 1.36 bits per heavy atom. The maximum absolute atomic E-state index is 12.0. The van der Waals surface area contributed by atoms with Crippen molar-refractivity contribution in [2.75, 3.05) is 20.3 Å². The van der Waals surface area contributed by atoms with E-state index in [0.29, 0.717) is 11.5 Å². The molecule has 9 heteroatoms. The minimum absolute atomic E-state index is 0.0567. The summed E-state index contributed by atoms with van der Waals surface area (Å²) < 4.78 is 38.4. The number of aromatic nitrogens is 2. The van der Waals surface area contributed by atoms with E-state index in [2.05, 4.69) is 9.71 Å². The van der Waals surface area contributed by atoms with Gasteiger partial charge in [0.2, 0.25) is 5.03 Å². The number of rotatable bonds is 7. The number of nitrogens with one attached hydrogen (secondary N) is 1. The molecule has 1 aromatic carbocycles. The SMILES string of the molecule is COc1cccc(OCCNS(=O)(=O)c2ncn(C)c2Cl)c1. The number of halogens is 1. The highest BCUT2D eigenvalue weighted by Crippen LogP contribution is 2.19. The Morgan fingerprint density at radius 3 is 2.73 bits per heavy atom. The van der Waals surface area contributed by atoms with Crippen LogP contribution in [0.15, 0.2) is 35.6 Å². The maximum Gasteiger partial charge on any atom is 0.261 e. The average Bonchev–Trinajstić information content (AvgIpc) is 2.84. The van der Waals surface area contributed by atoms with Crippen molar-refractivity contribution in [1.29, 1.82) is 0 Å². The summed E-state index contributed by atoms with van der Waals surface area (Å²) in [6, 6.07) is 7.04. The number of hydrogen-bond acceptors (Lipinski definition) is 5. The predicted molar refractivity (Wildman–Crippen MR) is 81.9 cm³/mol. The van der Waals surface area contributed by atoms with Gasteiger partial charge in [0.15, 0.2) is 0 Å². The molecular weight excluding hydrogens is 330 g/mol. The Labute approximate surface area is 133 Å². The van der Waals surface area contributed by atoms with Crippen molar-refractivity contribution in [3.05, 3.63) is 35.7 Å². The Hall–Kier alpha value is -1.77. The van der Waals surface area contributed by atoms with E-state index in [1.165, 1.54) is 10.9 Å². The van der Waals surface area contributed by atoms with Gasteiger partial charge in [-0.25, -0.2) is 18.1 Å². The van der Waals surface area contributed by atoms with E-state index in [1.54, 1.807) is 38.4 Å². The molecule has 0 amide bonds. The molecule has 0 bridgehead atoms. The monoisotopic (exact) mass is 345 g/mol. The second-order valence-electron chi connectivity index (χ2n) is 4.38. The van der Waals surface area contributed by atoms with Crippen LogP contribution in [-0.2, 0) is 17.1 Å². The summed E-state index contributed by atoms with van der Waals surface area (Å²) in [5.41, 5.74) is 0. The quantitative estimate of drug-likeness (QED) is 0.768. The van der Waals surface area contributed by atoms with Crippen LogP contribution < -0.4 is 14.2 Å². The first-order valence-corrected chi connectivity index (χ1v) is 8.23. The molecule has 120 valence electrons. The van der Waals surface area contributed by atoms with E-state index in [0.717, 1.165) is 0 Å². The van der Waals surface area contributed by atoms with Crippen molar-refractivity contribution in [1.82, 2.24) is 14.3 Å². The summed E-state index contributed by atoms with van der Waals surface area (Å²) in [4.78, 5) is 3.77. The summed E-state index contributed by atoms with van der Waals surface area (Å²) in [6.07, 6.45) is 1.34. The third-order valence-electron chi connectivity index (χ3n) is 2.79. The van der Waals surface area contributed by atoms with Crippen LogP contribution in [0.4, 0.5) is 0 Å². The van der Waals surface area contributed by atoms with Gasteiger partial charge in [0.05, 0.1) is 13.4 Å². The fraction of sp³-hybridized carbons (Fsp3) is 0.308. The summed E-state index contributed by atoms with van der Waals surface area (Å²) in [5.74, 6) is 1.26. The molecule has 0 spiro atoms. The fourth-order valence-corrected chi connectivity index (χ4v) is 3.12. The molecule has 1 aromatic heterocycles. The number of methoxy groups -OCH3 is 1. The number of nitrogens with zero attached hydrogens (tertiary/aromatic N) is 2. The molecule has 0 aliphatic carbocycles. The topological polar surface area (TPSA) is 82.4 Å². The van der Waals surface area contributed by atoms with Crippen molar-refractivity contribution in [2.45, 2.75) is 5.03 Å². The number of benzene rings is 1. The molecule has 1 N–H and O–H groups in total. The first kappa shape index (κ1) is 16.6. The maximum atomic E-state index is 12.0. The fourth-order valence-electron chi connectivity index (χ4n) is 1.68. The lowest BCUT2D eigenvalue weighted by Gasteiger charge is -2.08. The number of aryl methyl sites for hydroxylation is 1. The van der Waals surface area contributed by atoms with Gasteiger partial charge in [-0.2, -0.15) is 0 Å². The number of ether oxygens (including phenoxy) is 2. The van der Waals surface area contributed by atoms with Gasteiger partial charge in [-0.3, -0.25) is 0 Å². The van der Waals surface area contributed by atoms with E-state index in [9.17, 15) is 8.42 Å². The second kappa shape index (κ2) is 6.99. The minimum Gasteiger partial charge on any atom is -0.497 e. The van der Waals surface area contributed by atoms with Gasteiger partial charge >= 0.3 is 0 Å². The molecule has 0 atom stereocenters. The van der Waals surface area contributed by atoms with Crippen LogP contribution in [-0.4, -0.2) is 38.2 Å². The molecule has 0 fully saturated rings. The molecule has 0 saturated carbocycles. The largest absolute Gasteiger partial charge is 0.497 e. The van der Waals surface area contributed by atoms with Crippen molar-refractivity contribution in [3.63, 3.8) is 0 Å². The summed E-state index contributed by atoms with van der Waals surface area (Å²) in [7, 11) is -0.585. The van der Waals surface area contributed by atoms with Gasteiger partial charge in [-0.05, 0) is 12.1 Å². The van der Waals surface area contributed by atoms with E-state index in [-0.39, 0.29) is 23.3 Å². The van der Waals surface area contributed by atoms with Crippen molar-refractivity contribution < 1.29 is 17.9 Å². The molecule has 1 heterocycles. The highest BCUT2D eigenvalue weighted by Gasteiger charge is 2.21. The van der Waals surface area contributed by atoms with Crippen LogP contribution in [0.1, 0.15) is 0 Å². The molecule has 2 aromatic rings. The minimum atomic E-state index is -3.76. The molecular formula is C13H16ClN3O4S. The van der Waals surface area contributed by atoms with Crippen LogP contribution in [0, 0.1) is 0 Å². The third kappa shape index (κ3) is 3.90. The number of imidazole rings is 1. The van der Waals surface area contributed by atoms with E-state index < -0.39 is 10.0 Å². The molecule has 0 radical (unpaired) electrons. The molecule has 0 aliphatic heterocycles. The number of hydrogen-bond donors (Lipinski definition) is 1. The van der Waals surface area contributed by atoms with Gasteiger partial charge < -0.3 is 14.0 Å². The van der Waals surface area contributed by atoms with E-state index in [4.69, 9.17) is 21.1 Å². The lowest BCUT2D eigenvalue weighted by atomic mass is 10.3. The molecule has 2 rings (SSSR count). The zero-order chi connectivity index (χ0) is 16.2. The summed E-state index contributed by atoms with van der Waals surface area (Å²) in [6.45, 7) is 0.253. The van der Waals surface area contributed by atoms with Crippen LogP contribution in [0.25, 0.3) is 0 Å². The van der Waals surface area contributed by atoms with Crippen LogP contribution in [0.3, 0.4) is 0 Å². The molecule has 7 nitrogen and oxygen atoms in total. The van der Waals surface area contributed by atoms with Crippen molar-refractivity contribution >= 4 is 21.6 Å². The predicted octanol–water partition coefficient (Wildman–Crippen LogP) is 1.44. The first-order chi connectivity index (χ1) is 10.4. The Bertz CT molecular complexity index is 745. The zero-order valence-electron chi connectivity index (χ0n) is 12.1. The normalized spacial score (nSPS) is 11.4. The Morgan fingerprint density at radius 2 is 2.09 bits per heavy atom. The summed E-state index contributed by atoms with van der Waals surface area (Å²) >= 11 is 5.87. The lowest BCUT2D eigenvalue weighted by molar-refractivity contribution is 0.319. The zero-order valence-corrected chi connectivity index (χ0v) is 13.7. The molecule has 0 saturated heterocycles. The average molecular weight is 346 g/mol. The third-order valence-corrected chi connectivity index (χ3v) is 4.74. The van der Waals surface area contributed by atoms with Gasteiger partial charge in [0.1, 0.15) is 23.3 Å². The first-order valence-electron chi connectivity index (χ1n) is 6.37. The van der Waals surface area contributed by atoms with Crippen molar-refractivity contribution in [3.8, 4) is 11.5 Å². The van der Waals surface area contributed by atoms with Gasteiger partial charge in [0.25, 0.3) is 10.0 Å². The van der Waals surface area contributed by atoms with E-state index in [1.807, 2.05) is 0 Å². The highest BCUT2D eigenvalue weighted by molar-refractivity contribution is 7.89. The molecule has 0 aliphatic rings. The summed E-state index contributed by atoms with van der Waals surface area (Å²) in [5, 5.41) is -0.140. The van der Waals surface area contributed by atoms with E-state index >= 15 is 0 Å². The number of sulfonamides is 1. The van der Waals surface area contributed by atoms with Gasteiger partial charge in [-0.15, -0.1) is 0 Å². The van der Waals surface area contributed by atoms with Crippen molar-refractivity contribution in [2.24, 2.45) is 7.05 Å². The standard InChI is InChI=1S/C13H16ClN3O4S/c1-17-9-15-13(12(17)14)22(18,19)16-6-7-21-11-5-3-4-10(8-11)20-2/h3-5,8-9,16H,6-7H2,1-2H3. The van der Waals surface area contributed by atoms with Crippen LogP contribution >= 0.6 is 11.6 Å². The molecule has 22 heavy (non-hydrogen) atoms. The lowest BCUT2D eigenvalue weighted by Crippen LogP contribution is -2.28. The Kier molecular flexibility index (Phi) is 5.28. The van der Waals surface area contributed by atoms with Crippen LogP contribution in [0.5, 0.6) is 11.5 Å². The van der Waals surface area contributed by atoms with Crippen LogP contribution in [0.2, 0.25) is 5.15 Å². The van der Waals surface area contributed by atoms with Gasteiger partial charge in [-0.1, -0.05) is 17.7 Å². The second-order valence-corrected chi connectivity index (χ2v) is 6.42. The molecule has 0 unspecified atom stereocenters. The smallest absolute Gasteiger partial charge is 0.261 e. The Balaban J connectivity index is 1.89.